The maximum Gasteiger partial charge on any atom is 0.425 e. The summed E-state index contributed by atoms with van der Waals surface area (Å²) in [7, 11) is 3.72. The third kappa shape index (κ3) is 5.36. The molecule has 0 N–H and O–H groups in total. The Labute approximate surface area is 196 Å². The van der Waals surface area contributed by atoms with Gasteiger partial charge in [0.15, 0.2) is 6.10 Å². The van der Waals surface area contributed by atoms with E-state index in [1.54, 1.807) is 4.90 Å². The summed E-state index contributed by atoms with van der Waals surface area (Å²) in [6.45, 7) is 2.97. The van der Waals surface area contributed by atoms with E-state index in [-0.39, 0.29) is 16.2 Å². The summed E-state index contributed by atoms with van der Waals surface area (Å²) in [4.78, 5) is 15.0. The molecule has 0 aliphatic carbocycles. The van der Waals surface area contributed by atoms with Gasteiger partial charge in [-0.25, -0.2) is 4.21 Å². The van der Waals surface area contributed by atoms with Gasteiger partial charge in [0.1, 0.15) is 15.8 Å². The molecular weight excluding hydrogens is 479 g/mol. The Bertz CT molecular complexity index is 1070. The fourth-order valence-corrected chi connectivity index (χ4v) is 4.82. The number of fused-ring (bicyclic) bond motifs is 1. The van der Waals surface area contributed by atoms with Crippen molar-refractivity contribution in [2.45, 2.75) is 55.9 Å². The van der Waals surface area contributed by atoms with Crippen LogP contribution in [0.5, 0.6) is 5.75 Å². The average Bonchev–Trinajstić information content (AvgIpc) is 3.22. The predicted molar refractivity (Wildman–Crippen MR) is 118 cm³/mol. The molecule has 0 bridgehead atoms. The summed E-state index contributed by atoms with van der Waals surface area (Å²) in [5.74, 6) is -0.324. The predicted octanol–water partition coefficient (Wildman–Crippen LogP) is 5.33. The fraction of sp³-hybridized carbons (Fsp3) is 0.435. The van der Waals surface area contributed by atoms with E-state index < -0.39 is 28.2 Å². The molecule has 5 nitrogen and oxygen atoms in total. The van der Waals surface area contributed by atoms with Crippen molar-refractivity contribution in [3.05, 3.63) is 58.7 Å². The number of alkyl halides is 3. The van der Waals surface area contributed by atoms with Gasteiger partial charge in [0, 0.05) is 26.3 Å². The summed E-state index contributed by atoms with van der Waals surface area (Å²) < 4.78 is 61.4. The standard InChI is InChI=1S/C23H23ClF3NO4S/c1-14(23(25,26)27)32-21-5-4-19(33(24)30)11-20(21)22(29)28-12-17-3-2-16(10-18(17)13-28)15-6-8-31-9-7-15/h2-5,10-11,14-15H,6-9,12-13H2,1H3. The zero-order valence-corrected chi connectivity index (χ0v) is 19.4. The lowest BCUT2D eigenvalue weighted by molar-refractivity contribution is -0.189. The minimum Gasteiger partial charge on any atom is -0.480 e. The minimum atomic E-state index is -4.60. The maximum atomic E-state index is 13.3. The number of hydrogen-bond donors (Lipinski definition) is 0. The van der Waals surface area contributed by atoms with Crippen molar-refractivity contribution < 1.29 is 31.6 Å². The van der Waals surface area contributed by atoms with E-state index in [4.69, 9.17) is 20.2 Å². The van der Waals surface area contributed by atoms with Crippen LogP contribution in [0.2, 0.25) is 0 Å². The van der Waals surface area contributed by atoms with Crippen molar-refractivity contribution in [2.75, 3.05) is 13.2 Å². The first kappa shape index (κ1) is 24.0. The Balaban J connectivity index is 1.58. The molecule has 1 fully saturated rings. The number of halogens is 4. The first-order valence-electron chi connectivity index (χ1n) is 10.6. The van der Waals surface area contributed by atoms with E-state index in [0.29, 0.717) is 19.0 Å². The van der Waals surface area contributed by atoms with Crippen molar-refractivity contribution >= 4 is 26.6 Å². The largest absolute Gasteiger partial charge is 0.480 e. The minimum absolute atomic E-state index is 0.102. The van der Waals surface area contributed by atoms with Crippen molar-refractivity contribution in [1.82, 2.24) is 4.90 Å². The van der Waals surface area contributed by atoms with Crippen LogP contribution < -0.4 is 4.74 Å². The zero-order valence-electron chi connectivity index (χ0n) is 17.9. The van der Waals surface area contributed by atoms with Crippen molar-refractivity contribution in [1.29, 1.82) is 0 Å². The third-order valence-electron chi connectivity index (χ3n) is 6.06. The average molecular weight is 502 g/mol. The van der Waals surface area contributed by atoms with Crippen molar-refractivity contribution in [2.24, 2.45) is 0 Å². The molecule has 0 radical (unpaired) electrons. The van der Waals surface area contributed by atoms with Gasteiger partial charge in [0.25, 0.3) is 5.91 Å². The molecule has 10 heteroatoms. The lowest BCUT2D eigenvalue weighted by Crippen LogP contribution is -2.32. The highest BCUT2D eigenvalue weighted by molar-refractivity contribution is 8.08. The molecule has 1 saturated heterocycles. The highest BCUT2D eigenvalue weighted by Crippen LogP contribution is 2.34. The number of rotatable bonds is 5. The van der Waals surface area contributed by atoms with Gasteiger partial charge in [-0.15, -0.1) is 0 Å². The molecular formula is C23H23ClF3NO4S. The second-order valence-corrected chi connectivity index (χ2v) is 10.0. The third-order valence-corrected chi connectivity index (χ3v) is 7.22. The smallest absolute Gasteiger partial charge is 0.425 e. The van der Waals surface area contributed by atoms with Gasteiger partial charge in [-0.2, -0.15) is 13.2 Å². The molecule has 2 aliphatic heterocycles. The molecule has 4 rings (SSSR count). The second-order valence-electron chi connectivity index (χ2n) is 8.26. The van der Waals surface area contributed by atoms with Crippen LogP contribution in [0.4, 0.5) is 13.2 Å². The number of carbonyl (C=O) groups excluding carboxylic acids is 1. The zero-order chi connectivity index (χ0) is 23.8. The lowest BCUT2D eigenvalue weighted by atomic mass is 9.90. The molecule has 0 spiro atoms. The van der Waals surface area contributed by atoms with Crippen LogP contribution in [0.1, 0.15) is 52.7 Å². The van der Waals surface area contributed by atoms with Gasteiger partial charge < -0.3 is 14.4 Å². The number of nitrogens with zero attached hydrogens (tertiary/aromatic N) is 1. The highest BCUT2D eigenvalue weighted by Gasteiger charge is 2.39. The van der Waals surface area contributed by atoms with E-state index in [0.717, 1.165) is 44.1 Å². The van der Waals surface area contributed by atoms with Crippen LogP contribution in [0, 0.1) is 0 Å². The van der Waals surface area contributed by atoms with Crippen molar-refractivity contribution in [3.8, 4) is 5.75 Å². The molecule has 2 heterocycles. The summed E-state index contributed by atoms with van der Waals surface area (Å²) in [5, 5.41) is 0. The molecule has 2 atom stereocenters. The number of amides is 1. The summed E-state index contributed by atoms with van der Waals surface area (Å²) in [5.41, 5.74) is 3.10. The number of hydrogen-bond acceptors (Lipinski definition) is 4. The molecule has 33 heavy (non-hydrogen) atoms. The van der Waals surface area contributed by atoms with E-state index in [1.807, 2.05) is 6.07 Å². The van der Waals surface area contributed by atoms with E-state index in [1.165, 1.54) is 23.8 Å². The van der Waals surface area contributed by atoms with Gasteiger partial charge in [0.05, 0.1) is 10.5 Å². The Hall–Kier alpha value is -2.10. The van der Waals surface area contributed by atoms with Crippen LogP contribution in [0.15, 0.2) is 41.3 Å². The molecule has 178 valence electrons. The van der Waals surface area contributed by atoms with Crippen LogP contribution in [0.3, 0.4) is 0 Å². The van der Waals surface area contributed by atoms with E-state index in [9.17, 15) is 22.2 Å². The maximum absolute atomic E-state index is 13.3. The fourth-order valence-electron chi connectivity index (χ4n) is 4.15. The lowest BCUT2D eigenvalue weighted by Gasteiger charge is -2.23. The number of carbonyl (C=O) groups is 1. The monoisotopic (exact) mass is 501 g/mol. The van der Waals surface area contributed by atoms with Crippen LogP contribution in [-0.2, 0) is 27.8 Å². The van der Waals surface area contributed by atoms with Crippen LogP contribution >= 0.6 is 10.7 Å². The van der Waals surface area contributed by atoms with Gasteiger partial charge >= 0.3 is 6.18 Å². The number of benzene rings is 2. The first-order valence-corrected chi connectivity index (χ1v) is 12.5. The Kier molecular flexibility index (Phi) is 7.02. The molecule has 0 saturated carbocycles. The van der Waals surface area contributed by atoms with Crippen LogP contribution in [-0.4, -0.2) is 40.5 Å². The highest BCUT2D eigenvalue weighted by atomic mass is 35.7. The summed E-state index contributed by atoms with van der Waals surface area (Å²) in [6.07, 6.45) is -4.82. The molecule has 1 amide bonds. The molecule has 2 aliphatic rings. The van der Waals surface area contributed by atoms with Gasteiger partial charge in [0.2, 0.25) is 0 Å². The molecule has 2 aromatic rings. The Morgan fingerprint density at radius 2 is 1.85 bits per heavy atom. The van der Waals surface area contributed by atoms with Crippen molar-refractivity contribution in [3.63, 3.8) is 0 Å². The topological polar surface area (TPSA) is 55.8 Å². The molecule has 0 aromatic heterocycles. The number of ether oxygens (including phenoxy) is 2. The molecule has 2 unspecified atom stereocenters. The van der Waals surface area contributed by atoms with E-state index in [2.05, 4.69) is 12.1 Å². The second kappa shape index (κ2) is 9.64. The first-order chi connectivity index (χ1) is 15.6. The quantitative estimate of drug-likeness (QED) is 0.520. The Morgan fingerprint density at radius 3 is 2.52 bits per heavy atom. The van der Waals surface area contributed by atoms with Gasteiger partial charge in [-0.3, -0.25) is 4.79 Å². The summed E-state index contributed by atoms with van der Waals surface area (Å²) >= 11 is 0. The normalized spacial score (nSPS) is 18.6. The van der Waals surface area contributed by atoms with E-state index >= 15 is 0 Å². The SMILES string of the molecule is CC(Oc1ccc(S(=O)Cl)cc1C(=O)N1Cc2ccc(C3CCOCC3)cc2C1)C(F)(F)F. The summed E-state index contributed by atoms with van der Waals surface area (Å²) in [6, 6.07) is 9.90. The Morgan fingerprint density at radius 1 is 1.15 bits per heavy atom. The van der Waals surface area contributed by atoms with Gasteiger partial charge in [-0.05, 0) is 71.3 Å². The van der Waals surface area contributed by atoms with Crippen LogP contribution in [0.25, 0.3) is 0 Å². The molecule has 2 aromatic carbocycles. The van der Waals surface area contributed by atoms with Gasteiger partial charge in [-0.1, -0.05) is 18.2 Å².